The Morgan fingerprint density at radius 1 is 0.812 bits per heavy atom. The molecule has 4 atom stereocenters. The topological polar surface area (TPSA) is 194 Å². The van der Waals surface area contributed by atoms with Crippen LogP contribution in [-0.2, 0) is 24.0 Å². The van der Waals surface area contributed by atoms with E-state index in [4.69, 9.17) is 11.5 Å². The summed E-state index contributed by atoms with van der Waals surface area (Å²) in [6, 6.07) is -4.27. The van der Waals surface area contributed by atoms with Crippen LogP contribution < -0.4 is 27.4 Å². The predicted octanol–water partition coefficient (Wildman–Crippen LogP) is -1.11. The number of nitrogens with two attached hydrogens (primary N) is 2. The van der Waals surface area contributed by atoms with Crippen LogP contribution in [0.25, 0.3) is 0 Å². The van der Waals surface area contributed by atoms with Crippen molar-refractivity contribution in [1.82, 2.24) is 16.0 Å². The molecule has 0 aromatic heterocycles. The average molecular weight is 494 g/mol. The Kier molecular flexibility index (Phi) is 14.8. The number of carbonyl (C=O) groups excluding carboxylic acids is 4. The fourth-order valence-electron chi connectivity index (χ4n) is 2.53. The van der Waals surface area contributed by atoms with Gasteiger partial charge < -0.3 is 32.5 Å². The molecule has 0 bridgehead atoms. The van der Waals surface area contributed by atoms with Gasteiger partial charge in [0.2, 0.25) is 23.6 Å². The minimum Gasteiger partial charge on any atom is -0.480 e. The van der Waals surface area contributed by atoms with E-state index in [-0.39, 0.29) is 12.3 Å². The lowest BCUT2D eigenvalue weighted by Gasteiger charge is -2.25. The molecule has 184 valence electrons. The van der Waals surface area contributed by atoms with Gasteiger partial charge in [-0.1, -0.05) is 13.8 Å². The molecule has 32 heavy (non-hydrogen) atoms. The Bertz CT molecular complexity index is 664. The van der Waals surface area contributed by atoms with Gasteiger partial charge in [0.25, 0.3) is 0 Å². The summed E-state index contributed by atoms with van der Waals surface area (Å²) in [6.45, 7) is 3.57. The molecule has 0 heterocycles. The van der Waals surface area contributed by atoms with E-state index in [0.29, 0.717) is 17.9 Å². The van der Waals surface area contributed by atoms with Gasteiger partial charge in [-0.25, -0.2) is 4.79 Å². The number of carboxylic acid groups (broad SMARTS) is 1. The Morgan fingerprint density at radius 2 is 1.22 bits per heavy atom. The molecule has 0 fully saturated rings. The third-order valence-corrected chi connectivity index (χ3v) is 5.82. The molecule has 13 heteroatoms. The Balaban J connectivity index is 5.44. The average Bonchev–Trinajstić information content (AvgIpc) is 2.71. The number of nitrogens with one attached hydrogen (secondary N) is 3. The maximum Gasteiger partial charge on any atom is 0.326 e. The third kappa shape index (κ3) is 11.6. The quantitative estimate of drug-likeness (QED) is 0.155. The summed E-state index contributed by atoms with van der Waals surface area (Å²) in [4.78, 5) is 60.4. The van der Waals surface area contributed by atoms with Crippen molar-refractivity contribution in [2.75, 3.05) is 24.0 Å². The van der Waals surface area contributed by atoms with E-state index in [1.54, 1.807) is 13.8 Å². The highest BCUT2D eigenvalue weighted by Gasteiger charge is 2.30. The summed E-state index contributed by atoms with van der Waals surface area (Å²) in [7, 11) is 0. The number of hydrogen-bond donors (Lipinski definition) is 6. The van der Waals surface area contributed by atoms with Crippen molar-refractivity contribution < 1.29 is 29.1 Å². The number of primary amides is 1. The molecule has 8 N–H and O–H groups in total. The number of amides is 4. The highest BCUT2D eigenvalue weighted by molar-refractivity contribution is 7.98. The molecule has 0 aromatic rings. The van der Waals surface area contributed by atoms with Crippen LogP contribution in [0.4, 0.5) is 0 Å². The largest absolute Gasteiger partial charge is 0.480 e. The summed E-state index contributed by atoms with van der Waals surface area (Å²) in [6.07, 6.45) is 3.63. The van der Waals surface area contributed by atoms with Crippen molar-refractivity contribution in [2.45, 2.75) is 57.3 Å². The van der Waals surface area contributed by atoms with Gasteiger partial charge in [0, 0.05) is 0 Å². The molecule has 0 saturated heterocycles. The smallest absolute Gasteiger partial charge is 0.326 e. The number of carbonyl (C=O) groups is 5. The van der Waals surface area contributed by atoms with Crippen molar-refractivity contribution in [1.29, 1.82) is 0 Å². The zero-order valence-electron chi connectivity index (χ0n) is 18.9. The minimum atomic E-state index is -1.51. The monoisotopic (exact) mass is 493 g/mol. The van der Waals surface area contributed by atoms with Crippen molar-refractivity contribution in [3.8, 4) is 0 Å². The van der Waals surface area contributed by atoms with E-state index < -0.39 is 60.2 Å². The van der Waals surface area contributed by atoms with Crippen molar-refractivity contribution in [3.63, 3.8) is 0 Å². The number of aliphatic carboxylic acids is 1. The van der Waals surface area contributed by atoms with Crippen molar-refractivity contribution in [3.05, 3.63) is 0 Å². The predicted molar refractivity (Wildman–Crippen MR) is 126 cm³/mol. The van der Waals surface area contributed by atoms with Crippen LogP contribution in [0.2, 0.25) is 0 Å². The summed E-state index contributed by atoms with van der Waals surface area (Å²) < 4.78 is 0. The van der Waals surface area contributed by atoms with E-state index in [1.807, 2.05) is 12.5 Å². The summed E-state index contributed by atoms with van der Waals surface area (Å²) in [5.41, 5.74) is 10.9. The van der Waals surface area contributed by atoms with Gasteiger partial charge in [-0.05, 0) is 42.8 Å². The first-order valence-electron chi connectivity index (χ1n) is 10.1. The van der Waals surface area contributed by atoms with Crippen molar-refractivity contribution >= 4 is 53.1 Å². The van der Waals surface area contributed by atoms with Gasteiger partial charge in [-0.15, -0.1) is 0 Å². The van der Waals surface area contributed by atoms with E-state index in [2.05, 4.69) is 16.0 Å². The highest BCUT2D eigenvalue weighted by Crippen LogP contribution is 2.07. The first kappa shape index (κ1) is 30.0. The normalized spacial score (nSPS) is 14.7. The summed E-state index contributed by atoms with van der Waals surface area (Å²) >= 11 is 2.93. The number of carboxylic acids is 1. The second-order valence-electron chi connectivity index (χ2n) is 7.52. The first-order valence-corrected chi connectivity index (χ1v) is 12.9. The Hall–Kier alpha value is -1.99. The molecule has 0 radical (unpaired) electrons. The van der Waals surface area contributed by atoms with Gasteiger partial charge in [0.1, 0.15) is 18.1 Å². The second kappa shape index (κ2) is 15.8. The summed E-state index contributed by atoms with van der Waals surface area (Å²) in [5, 5.41) is 16.7. The third-order valence-electron chi connectivity index (χ3n) is 4.53. The molecule has 0 rings (SSSR count). The zero-order chi connectivity index (χ0) is 24.8. The van der Waals surface area contributed by atoms with E-state index in [1.165, 1.54) is 23.5 Å². The lowest BCUT2D eigenvalue weighted by molar-refractivity contribution is -0.143. The first-order chi connectivity index (χ1) is 14.9. The molecule has 0 aliphatic carbocycles. The minimum absolute atomic E-state index is 0.127. The van der Waals surface area contributed by atoms with Crippen molar-refractivity contribution in [2.24, 2.45) is 17.4 Å². The van der Waals surface area contributed by atoms with E-state index in [0.717, 1.165) is 0 Å². The van der Waals surface area contributed by atoms with Crippen LogP contribution in [0.5, 0.6) is 0 Å². The van der Waals surface area contributed by atoms with Gasteiger partial charge >= 0.3 is 5.97 Å². The van der Waals surface area contributed by atoms with Gasteiger partial charge in [-0.2, -0.15) is 23.5 Å². The van der Waals surface area contributed by atoms with Crippen LogP contribution in [0.15, 0.2) is 0 Å². The molecule has 4 unspecified atom stereocenters. The fourth-order valence-corrected chi connectivity index (χ4v) is 3.47. The van der Waals surface area contributed by atoms with E-state index >= 15 is 0 Å². The van der Waals surface area contributed by atoms with Crippen LogP contribution in [0.3, 0.4) is 0 Å². The number of thioether (sulfide) groups is 2. The molecule has 0 spiro atoms. The van der Waals surface area contributed by atoms with Crippen LogP contribution in [0.1, 0.15) is 33.1 Å². The standard InChI is InChI=1S/C19H35N5O6S2/c1-10(2)15(21)18(28)23-12(6-8-32-4)16(26)22-11(5-7-31-3)17(27)24-13(19(29)30)9-14(20)25/h10-13,15H,5-9,21H2,1-4H3,(H2,20,25)(H,22,26)(H,23,28)(H,24,27)(H,29,30). The molecule has 0 aliphatic heterocycles. The number of hydrogen-bond acceptors (Lipinski definition) is 8. The lowest BCUT2D eigenvalue weighted by Crippen LogP contribution is -2.58. The summed E-state index contributed by atoms with van der Waals surface area (Å²) in [5.74, 6) is -3.15. The van der Waals surface area contributed by atoms with Crippen LogP contribution in [0, 0.1) is 5.92 Å². The maximum atomic E-state index is 12.9. The fraction of sp³-hybridized carbons (Fsp3) is 0.737. The van der Waals surface area contributed by atoms with Crippen LogP contribution >= 0.6 is 23.5 Å². The molecule has 0 saturated carbocycles. The van der Waals surface area contributed by atoms with Gasteiger partial charge in [0.05, 0.1) is 12.5 Å². The molecule has 11 nitrogen and oxygen atoms in total. The Morgan fingerprint density at radius 3 is 1.56 bits per heavy atom. The van der Waals surface area contributed by atoms with Crippen LogP contribution in [-0.4, -0.2) is 82.9 Å². The molecule has 0 aliphatic rings. The number of rotatable bonds is 16. The highest BCUT2D eigenvalue weighted by atomic mass is 32.2. The maximum absolute atomic E-state index is 12.9. The molecular formula is C19H35N5O6S2. The molecule has 4 amide bonds. The lowest BCUT2D eigenvalue weighted by atomic mass is 10.0. The van der Waals surface area contributed by atoms with Gasteiger partial charge in [0.15, 0.2) is 0 Å². The molecule has 0 aromatic carbocycles. The second-order valence-corrected chi connectivity index (χ2v) is 9.50. The Labute approximate surface area is 196 Å². The zero-order valence-corrected chi connectivity index (χ0v) is 20.5. The van der Waals surface area contributed by atoms with E-state index in [9.17, 15) is 29.1 Å². The molecular weight excluding hydrogens is 458 g/mol. The van der Waals surface area contributed by atoms with Gasteiger partial charge in [-0.3, -0.25) is 19.2 Å². The SMILES string of the molecule is CSCCC(NC(=O)C(CCSC)NC(=O)C(N)C(C)C)C(=O)NC(CC(N)=O)C(=O)O.